The van der Waals surface area contributed by atoms with Crippen molar-refractivity contribution < 1.29 is 23.8 Å². The van der Waals surface area contributed by atoms with Crippen LogP contribution in [0.2, 0.25) is 0 Å². The third kappa shape index (κ3) is 7.46. The first-order valence-electron chi connectivity index (χ1n) is 5.19. The van der Waals surface area contributed by atoms with Crippen LogP contribution in [0.25, 0.3) is 0 Å². The van der Waals surface area contributed by atoms with E-state index in [0.717, 1.165) is 0 Å². The van der Waals surface area contributed by atoms with Crippen molar-refractivity contribution in [1.82, 2.24) is 0 Å². The predicted molar refractivity (Wildman–Crippen MR) is 59.6 cm³/mol. The molecule has 1 amide bonds. The van der Waals surface area contributed by atoms with Gasteiger partial charge in [-0.3, -0.25) is 0 Å². The SMILES string of the molecule is CC(CO)CC1=C(F)CCC(F)=C1.NC(=O)O. The van der Waals surface area contributed by atoms with E-state index < -0.39 is 6.09 Å². The molecule has 0 aliphatic heterocycles. The zero-order valence-electron chi connectivity index (χ0n) is 9.62. The van der Waals surface area contributed by atoms with E-state index in [-0.39, 0.29) is 37.0 Å². The molecule has 0 aromatic carbocycles. The van der Waals surface area contributed by atoms with Crippen LogP contribution in [0.4, 0.5) is 13.6 Å². The van der Waals surface area contributed by atoms with Gasteiger partial charge in [0.05, 0.1) is 0 Å². The maximum absolute atomic E-state index is 13.1. The fraction of sp³-hybridized carbons (Fsp3) is 0.545. The average Bonchev–Trinajstić information content (AvgIpc) is 2.22. The van der Waals surface area contributed by atoms with E-state index in [1.165, 1.54) is 6.08 Å². The number of hydrogen-bond donors (Lipinski definition) is 3. The van der Waals surface area contributed by atoms with Crippen LogP contribution >= 0.6 is 0 Å². The van der Waals surface area contributed by atoms with E-state index in [4.69, 9.17) is 15.0 Å². The number of halogens is 2. The van der Waals surface area contributed by atoms with Crippen LogP contribution in [-0.4, -0.2) is 22.9 Å². The highest BCUT2D eigenvalue weighted by atomic mass is 19.1. The van der Waals surface area contributed by atoms with E-state index in [1.54, 1.807) is 6.92 Å². The molecule has 0 radical (unpaired) electrons. The smallest absolute Gasteiger partial charge is 0.402 e. The number of allylic oxidation sites excluding steroid dienone is 4. The highest BCUT2D eigenvalue weighted by molar-refractivity contribution is 5.61. The van der Waals surface area contributed by atoms with Gasteiger partial charge in [-0.15, -0.1) is 0 Å². The van der Waals surface area contributed by atoms with Crippen molar-refractivity contribution in [2.45, 2.75) is 26.2 Å². The van der Waals surface area contributed by atoms with Crippen LogP contribution in [0.15, 0.2) is 23.3 Å². The summed E-state index contributed by atoms with van der Waals surface area (Å²) in [5.41, 5.74) is 4.44. The molecule has 0 spiro atoms. The molecule has 1 unspecified atom stereocenters. The minimum atomic E-state index is -1.33. The topological polar surface area (TPSA) is 83.5 Å². The summed E-state index contributed by atoms with van der Waals surface area (Å²) < 4.78 is 25.9. The average molecular weight is 249 g/mol. The number of carbonyl (C=O) groups is 1. The maximum atomic E-state index is 13.1. The second-order valence-corrected chi connectivity index (χ2v) is 3.85. The van der Waals surface area contributed by atoms with Crippen LogP contribution in [0.3, 0.4) is 0 Å². The Labute approximate surface area is 98.4 Å². The van der Waals surface area contributed by atoms with Crippen molar-refractivity contribution in [3.05, 3.63) is 23.3 Å². The molecular weight excluding hydrogens is 232 g/mol. The minimum Gasteiger partial charge on any atom is -0.465 e. The normalized spacial score (nSPS) is 16.8. The van der Waals surface area contributed by atoms with Crippen LogP contribution in [0.1, 0.15) is 26.2 Å². The van der Waals surface area contributed by atoms with Crippen molar-refractivity contribution in [2.75, 3.05) is 6.61 Å². The van der Waals surface area contributed by atoms with Crippen LogP contribution < -0.4 is 5.73 Å². The summed E-state index contributed by atoms with van der Waals surface area (Å²) in [6.45, 7) is 1.81. The van der Waals surface area contributed by atoms with Crippen molar-refractivity contribution in [2.24, 2.45) is 11.7 Å². The van der Waals surface area contributed by atoms with Gasteiger partial charge in [-0.05, 0) is 24.0 Å². The number of aliphatic hydroxyl groups is 1. The summed E-state index contributed by atoms with van der Waals surface area (Å²) in [7, 11) is 0. The molecule has 1 atom stereocenters. The lowest BCUT2D eigenvalue weighted by atomic mass is 9.96. The standard InChI is InChI=1S/C10H14F2O.CH3NO2/c1-7(6-13)4-8-5-9(11)2-3-10(8)12;2-1(3)4/h5,7,13H,2-4,6H2,1H3;2H2,(H,3,4). The van der Waals surface area contributed by atoms with Gasteiger partial charge in [0.2, 0.25) is 0 Å². The molecule has 98 valence electrons. The van der Waals surface area contributed by atoms with E-state index >= 15 is 0 Å². The second-order valence-electron chi connectivity index (χ2n) is 3.85. The summed E-state index contributed by atoms with van der Waals surface area (Å²) in [4.78, 5) is 8.78. The van der Waals surface area contributed by atoms with E-state index in [0.29, 0.717) is 12.0 Å². The zero-order chi connectivity index (χ0) is 13.4. The van der Waals surface area contributed by atoms with Crippen molar-refractivity contribution in [3.63, 3.8) is 0 Å². The molecule has 17 heavy (non-hydrogen) atoms. The van der Waals surface area contributed by atoms with Crippen molar-refractivity contribution in [1.29, 1.82) is 0 Å². The Balaban J connectivity index is 0.000000557. The van der Waals surface area contributed by atoms with E-state index in [9.17, 15) is 8.78 Å². The first-order chi connectivity index (χ1) is 7.86. The monoisotopic (exact) mass is 249 g/mol. The summed E-state index contributed by atoms with van der Waals surface area (Å²) in [6.07, 6.45) is 0.666. The third-order valence-electron chi connectivity index (χ3n) is 2.14. The van der Waals surface area contributed by atoms with Crippen LogP contribution in [0, 0.1) is 5.92 Å². The third-order valence-corrected chi connectivity index (χ3v) is 2.14. The largest absolute Gasteiger partial charge is 0.465 e. The maximum Gasteiger partial charge on any atom is 0.402 e. The first-order valence-corrected chi connectivity index (χ1v) is 5.19. The molecule has 0 heterocycles. The first kappa shape index (κ1) is 15.6. The lowest BCUT2D eigenvalue weighted by Crippen LogP contribution is -2.04. The number of amides is 1. The summed E-state index contributed by atoms with van der Waals surface area (Å²) in [5, 5.41) is 16.0. The molecule has 0 fully saturated rings. The fourth-order valence-corrected chi connectivity index (χ4v) is 1.34. The number of primary amides is 1. The van der Waals surface area contributed by atoms with Crippen LogP contribution in [0.5, 0.6) is 0 Å². The summed E-state index contributed by atoms with van der Waals surface area (Å²) in [6, 6.07) is 0. The quantitative estimate of drug-likeness (QED) is 0.718. The highest BCUT2D eigenvalue weighted by Crippen LogP contribution is 2.29. The second kappa shape index (κ2) is 7.78. The van der Waals surface area contributed by atoms with Gasteiger partial charge in [-0.1, -0.05) is 6.92 Å². The van der Waals surface area contributed by atoms with Crippen molar-refractivity contribution in [3.8, 4) is 0 Å². The number of nitrogens with two attached hydrogens (primary N) is 1. The molecule has 0 saturated heterocycles. The fourth-order valence-electron chi connectivity index (χ4n) is 1.34. The lowest BCUT2D eigenvalue weighted by molar-refractivity contribution is 0.205. The number of aliphatic hydroxyl groups excluding tert-OH is 1. The Morgan fingerprint density at radius 3 is 2.53 bits per heavy atom. The van der Waals surface area contributed by atoms with Gasteiger partial charge in [-0.25, -0.2) is 13.6 Å². The molecule has 0 saturated carbocycles. The van der Waals surface area contributed by atoms with Gasteiger partial charge < -0.3 is 15.9 Å². The van der Waals surface area contributed by atoms with Gasteiger partial charge in [0.1, 0.15) is 11.7 Å². The van der Waals surface area contributed by atoms with Gasteiger partial charge >= 0.3 is 6.09 Å². The molecule has 1 aliphatic carbocycles. The Morgan fingerprint density at radius 1 is 1.53 bits per heavy atom. The van der Waals surface area contributed by atoms with Gasteiger partial charge in [0.25, 0.3) is 0 Å². The number of hydrogen-bond acceptors (Lipinski definition) is 2. The Kier molecular flexibility index (Phi) is 7.13. The van der Waals surface area contributed by atoms with E-state index in [2.05, 4.69) is 5.73 Å². The molecule has 0 aromatic heterocycles. The number of rotatable bonds is 3. The Hall–Kier alpha value is -1.43. The predicted octanol–water partition coefficient (Wildman–Crippen LogP) is 2.50. The van der Waals surface area contributed by atoms with E-state index in [1.807, 2.05) is 0 Å². The van der Waals surface area contributed by atoms with Gasteiger partial charge in [0, 0.05) is 19.4 Å². The minimum absolute atomic E-state index is 0.00619. The zero-order valence-corrected chi connectivity index (χ0v) is 9.62. The summed E-state index contributed by atoms with van der Waals surface area (Å²) >= 11 is 0. The molecule has 6 heteroatoms. The lowest BCUT2D eigenvalue weighted by Gasteiger charge is -2.13. The molecule has 4 N–H and O–H groups in total. The van der Waals surface area contributed by atoms with Crippen LogP contribution in [-0.2, 0) is 0 Å². The van der Waals surface area contributed by atoms with Gasteiger partial charge in [-0.2, -0.15) is 0 Å². The van der Waals surface area contributed by atoms with Gasteiger partial charge in [0.15, 0.2) is 0 Å². The molecule has 4 nitrogen and oxygen atoms in total. The molecule has 1 rings (SSSR count). The Bertz CT molecular complexity index is 323. The molecule has 0 bridgehead atoms. The van der Waals surface area contributed by atoms with Crippen molar-refractivity contribution >= 4 is 6.09 Å². The Morgan fingerprint density at radius 2 is 2.06 bits per heavy atom. The molecular formula is C11H17F2NO3. The molecule has 1 aliphatic rings. The molecule has 0 aromatic rings. The number of carboxylic acid groups (broad SMARTS) is 1. The highest BCUT2D eigenvalue weighted by Gasteiger charge is 2.15. The summed E-state index contributed by atoms with van der Waals surface area (Å²) in [5.74, 6) is -0.508.